The summed E-state index contributed by atoms with van der Waals surface area (Å²) >= 11 is -5.57. The number of halogens is 2. The van der Waals surface area contributed by atoms with Crippen molar-refractivity contribution in [2.75, 3.05) is 0 Å². The van der Waals surface area contributed by atoms with E-state index in [0.717, 1.165) is 0 Å². The molecule has 1 heterocycles. The maximum absolute atomic E-state index is 9.22. The third-order valence-corrected chi connectivity index (χ3v) is 36.8. The molecule has 0 radical (unpaired) electrons. The molecular formula is C54H55Cl2SiZr. The molecule has 6 aromatic carbocycles. The Morgan fingerprint density at radius 2 is 0.966 bits per heavy atom. The van der Waals surface area contributed by atoms with E-state index in [4.69, 9.17) is 0 Å². The molecule has 0 saturated heterocycles. The van der Waals surface area contributed by atoms with Crippen molar-refractivity contribution in [2.24, 2.45) is 0 Å². The third kappa shape index (κ3) is 6.06. The summed E-state index contributed by atoms with van der Waals surface area (Å²) in [6.07, 6.45) is 4.95. The molecule has 2 unspecified atom stereocenters. The minimum absolute atomic E-state index is 0.108. The molecule has 3 aliphatic rings. The Labute approximate surface area is 357 Å². The molecule has 6 aromatic rings. The van der Waals surface area contributed by atoms with Gasteiger partial charge in [0.05, 0.1) is 0 Å². The van der Waals surface area contributed by atoms with Gasteiger partial charge in [-0.25, -0.2) is 0 Å². The first-order chi connectivity index (χ1) is 27.6. The molecule has 58 heavy (non-hydrogen) atoms. The van der Waals surface area contributed by atoms with Crippen molar-refractivity contribution in [1.82, 2.24) is 0 Å². The monoisotopic (exact) mass is 891 g/mol. The van der Waals surface area contributed by atoms with Crippen LogP contribution in [0.25, 0.3) is 45.5 Å². The molecule has 0 fully saturated rings. The standard InChI is InChI=1S/2C21H23.C12H9Si.2ClH.Zr/c2*1-13(2)19-7-6-17-9-16(5)12-20(17)21(19)18-10-14(3)8-15(4)11-18;1-3-7-11-9(5-1)10-6-2-4-8-12(10)13-11;;;/h2*6-13H,1-5H3;1-7H,13H2;2*1H;/q;;;;;+2/p-2. The normalized spacial score (nSPS) is 17.9. The van der Waals surface area contributed by atoms with E-state index in [1.54, 1.807) is 0 Å². The Kier molecular flexibility index (Phi) is 9.84. The van der Waals surface area contributed by atoms with Crippen LogP contribution in [0.15, 0.2) is 114 Å². The van der Waals surface area contributed by atoms with E-state index in [-0.39, 0.29) is 7.25 Å². The van der Waals surface area contributed by atoms with Gasteiger partial charge in [0.2, 0.25) is 0 Å². The van der Waals surface area contributed by atoms with Crippen LogP contribution in [-0.4, -0.2) is 9.52 Å². The molecule has 2 aliphatic carbocycles. The van der Waals surface area contributed by atoms with Crippen LogP contribution in [-0.2, 0) is 16.4 Å². The van der Waals surface area contributed by atoms with E-state index in [0.29, 0.717) is 11.8 Å². The van der Waals surface area contributed by atoms with Gasteiger partial charge in [0, 0.05) is 0 Å². The van der Waals surface area contributed by atoms with Gasteiger partial charge in [-0.3, -0.25) is 0 Å². The first-order valence-electron chi connectivity index (χ1n) is 21.2. The van der Waals surface area contributed by atoms with E-state index < -0.39 is 25.9 Å². The summed E-state index contributed by atoms with van der Waals surface area (Å²) in [4.78, 5) is 0. The second-order valence-corrected chi connectivity index (χ2v) is 41.0. The zero-order valence-corrected chi connectivity index (χ0v) is 41.1. The molecule has 0 amide bonds. The van der Waals surface area contributed by atoms with Gasteiger partial charge in [0.1, 0.15) is 0 Å². The fourth-order valence-corrected chi connectivity index (χ4v) is 40.4. The van der Waals surface area contributed by atoms with Crippen LogP contribution in [0.5, 0.6) is 0 Å². The van der Waals surface area contributed by atoms with Gasteiger partial charge >= 0.3 is 360 Å². The molecule has 293 valence electrons. The Balaban J connectivity index is 1.37. The van der Waals surface area contributed by atoms with Crippen LogP contribution < -0.4 is 13.6 Å². The molecule has 0 bridgehead atoms. The van der Waals surface area contributed by atoms with Gasteiger partial charge < -0.3 is 0 Å². The summed E-state index contributed by atoms with van der Waals surface area (Å²) in [6, 6.07) is 39.7. The fourth-order valence-electron chi connectivity index (χ4n) is 11.6. The quantitative estimate of drug-likeness (QED) is 0.140. The average molecular weight is 894 g/mol. The molecule has 0 N–H and O–H groups in total. The van der Waals surface area contributed by atoms with Gasteiger partial charge in [-0.15, -0.1) is 0 Å². The predicted octanol–water partition coefficient (Wildman–Crippen LogP) is 13.5. The van der Waals surface area contributed by atoms with Crippen LogP contribution in [0.4, 0.5) is 0 Å². The number of aryl methyl sites for hydroxylation is 4. The van der Waals surface area contributed by atoms with Crippen molar-refractivity contribution in [3.05, 3.63) is 170 Å². The van der Waals surface area contributed by atoms with E-state index >= 15 is 0 Å². The van der Waals surface area contributed by atoms with Gasteiger partial charge in [-0.1, -0.05) is 0 Å². The second-order valence-electron chi connectivity index (χ2n) is 18.6. The number of benzene rings is 6. The zero-order valence-electron chi connectivity index (χ0n) is 35.7. The van der Waals surface area contributed by atoms with Gasteiger partial charge in [0.25, 0.3) is 0 Å². The molecule has 4 heteroatoms. The molecule has 2 atom stereocenters. The Hall–Kier alpha value is -3.52. The third-order valence-electron chi connectivity index (χ3n) is 13.6. The minimum atomic E-state index is -5.57. The Morgan fingerprint density at radius 3 is 1.43 bits per heavy atom. The number of hydrogen-bond acceptors (Lipinski definition) is 0. The molecule has 0 spiro atoms. The van der Waals surface area contributed by atoms with Crippen molar-refractivity contribution in [2.45, 2.75) is 88.3 Å². The van der Waals surface area contributed by atoms with E-state index in [9.17, 15) is 17.0 Å². The topological polar surface area (TPSA) is 0 Å². The SMILES string of the molecule is CC1=Cc2c(ccc(C(C)C)c2-c2cc(C)cc(C)c2)[CH]1[Zr]([Cl])([Cl])([c]1cccc2c1[SiH2]c1ccccc1-2)[CH]1C(C)=Cc2c1ccc(C(C)C)c2-c1cc(C)cc(C)c1. The van der Waals surface area contributed by atoms with Crippen LogP contribution in [0.1, 0.15) is 116 Å². The maximum atomic E-state index is 9.22. The number of rotatable bonds is 7. The van der Waals surface area contributed by atoms with Gasteiger partial charge in [-0.2, -0.15) is 0 Å². The molecule has 1 aliphatic heterocycles. The van der Waals surface area contributed by atoms with Crippen molar-refractivity contribution in [1.29, 1.82) is 0 Å². The predicted molar refractivity (Wildman–Crippen MR) is 255 cm³/mol. The van der Waals surface area contributed by atoms with Crippen molar-refractivity contribution >= 4 is 52.3 Å². The first-order valence-corrected chi connectivity index (χ1v) is 33.0. The van der Waals surface area contributed by atoms with Crippen LogP contribution in [0.2, 0.25) is 0 Å². The molecule has 0 saturated carbocycles. The van der Waals surface area contributed by atoms with E-state index in [1.807, 2.05) is 0 Å². The Morgan fingerprint density at radius 1 is 0.517 bits per heavy atom. The number of allylic oxidation sites excluding steroid dienone is 2. The zero-order chi connectivity index (χ0) is 41.0. The summed E-state index contributed by atoms with van der Waals surface area (Å²) in [5, 5.41) is 2.95. The van der Waals surface area contributed by atoms with Crippen LogP contribution in [0.3, 0.4) is 0 Å². The van der Waals surface area contributed by atoms with Crippen molar-refractivity contribution in [3.63, 3.8) is 0 Å². The first kappa shape index (κ1) is 39.9. The molecule has 0 nitrogen and oxygen atoms in total. The van der Waals surface area contributed by atoms with Crippen molar-refractivity contribution < 1.29 is 16.4 Å². The number of fused-ring (bicyclic) bond motifs is 5. The fraction of sp³-hybridized carbons (Fsp3) is 0.259. The molecular weight excluding hydrogens is 839 g/mol. The summed E-state index contributed by atoms with van der Waals surface area (Å²) in [5.41, 5.74) is 23.6. The summed E-state index contributed by atoms with van der Waals surface area (Å²) in [7, 11) is 17.6. The summed E-state index contributed by atoms with van der Waals surface area (Å²) < 4.78 is 1.07. The second kappa shape index (κ2) is 14.3. The summed E-state index contributed by atoms with van der Waals surface area (Å²) in [6.45, 7) is 22.8. The number of hydrogen-bond donors (Lipinski definition) is 0. The van der Waals surface area contributed by atoms with Gasteiger partial charge in [-0.05, 0) is 0 Å². The average Bonchev–Trinajstić information content (AvgIpc) is 3.83. The van der Waals surface area contributed by atoms with E-state index in [1.165, 1.54) is 114 Å². The van der Waals surface area contributed by atoms with Crippen molar-refractivity contribution in [3.8, 4) is 33.4 Å². The van der Waals surface area contributed by atoms with Crippen LogP contribution in [0, 0.1) is 27.7 Å². The van der Waals surface area contributed by atoms with Crippen LogP contribution >= 0.6 is 17.0 Å². The van der Waals surface area contributed by atoms with E-state index in [2.05, 4.69) is 185 Å². The Bertz CT molecular complexity index is 2600. The summed E-state index contributed by atoms with van der Waals surface area (Å²) in [5.74, 6) is 0.714. The molecule has 9 rings (SSSR count). The van der Waals surface area contributed by atoms with Gasteiger partial charge in [0.15, 0.2) is 0 Å². The molecule has 0 aromatic heterocycles.